The maximum absolute atomic E-state index is 3.60. The predicted octanol–water partition coefficient (Wildman–Crippen LogP) is 1.64. The van der Waals surface area contributed by atoms with E-state index in [0.29, 0.717) is 0 Å². The second-order valence-corrected chi connectivity index (χ2v) is 4.00. The molecule has 1 heteroatoms. The van der Waals surface area contributed by atoms with E-state index in [-0.39, 0.29) is 0 Å². The zero-order valence-electron chi connectivity index (χ0n) is 6.93. The number of piperidine rings is 1. The average molecular weight is 139 g/mol. The lowest BCUT2D eigenvalue weighted by Gasteiger charge is -2.52. The molecule has 58 valence electrons. The van der Waals surface area contributed by atoms with Gasteiger partial charge in [0.2, 0.25) is 0 Å². The van der Waals surface area contributed by atoms with Gasteiger partial charge in [0.15, 0.2) is 0 Å². The van der Waals surface area contributed by atoms with Gasteiger partial charge in [-0.05, 0) is 37.1 Å². The van der Waals surface area contributed by atoms with Gasteiger partial charge in [-0.15, -0.1) is 0 Å². The molecule has 1 heterocycles. The van der Waals surface area contributed by atoms with Crippen molar-refractivity contribution in [2.24, 2.45) is 17.8 Å². The summed E-state index contributed by atoms with van der Waals surface area (Å²) in [4.78, 5) is 0. The highest BCUT2D eigenvalue weighted by molar-refractivity contribution is 4.99. The highest BCUT2D eigenvalue weighted by Gasteiger charge is 2.45. The van der Waals surface area contributed by atoms with Crippen molar-refractivity contribution in [1.82, 2.24) is 5.32 Å². The molecule has 1 saturated carbocycles. The van der Waals surface area contributed by atoms with Crippen molar-refractivity contribution in [3.63, 3.8) is 0 Å². The van der Waals surface area contributed by atoms with Crippen molar-refractivity contribution in [1.29, 1.82) is 0 Å². The Morgan fingerprint density at radius 3 is 2.70 bits per heavy atom. The number of rotatable bonds is 0. The van der Waals surface area contributed by atoms with Gasteiger partial charge in [-0.2, -0.15) is 0 Å². The Kier molecular flexibility index (Phi) is 1.48. The third kappa shape index (κ3) is 0.731. The van der Waals surface area contributed by atoms with E-state index in [2.05, 4.69) is 19.2 Å². The number of nitrogens with one attached hydrogen (secondary N) is 1. The van der Waals surface area contributed by atoms with Gasteiger partial charge in [0, 0.05) is 6.04 Å². The van der Waals surface area contributed by atoms with Crippen molar-refractivity contribution in [2.75, 3.05) is 6.54 Å². The molecule has 0 aromatic carbocycles. The zero-order valence-corrected chi connectivity index (χ0v) is 6.93. The lowest BCUT2D eigenvalue weighted by atomic mass is 9.59. The first-order chi connectivity index (χ1) is 4.80. The van der Waals surface area contributed by atoms with E-state index in [1.54, 1.807) is 0 Å². The standard InChI is InChI=1S/C9H17N/c1-6-7(2)9-8(6)4-3-5-10-9/h6-10H,3-5H2,1-2H3/t6?,7?,8-,9?/m0/s1. The fourth-order valence-corrected chi connectivity index (χ4v) is 2.67. The van der Waals surface area contributed by atoms with Crippen molar-refractivity contribution < 1.29 is 0 Å². The molecular weight excluding hydrogens is 122 g/mol. The van der Waals surface area contributed by atoms with E-state index < -0.39 is 0 Å². The molecular formula is C9H17N. The van der Waals surface area contributed by atoms with Crippen LogP contribution in [0.1, 0.15) is 26.7 Å². The van der Waals surface area contributed by atoms with Crippen molar-refractivity contribution >= 4 is 0 Å². The van der Waals surface area contributed by atoms with Gasteiger partial charge in [0.1, 0.15) is 0 Å². The van der Waals surface area contributed by atoms with Crippen LogP contribution in [-0.4, -0.2) is 12.6 Å². The smallest absolute Gasteiger partial charge is 0.0126 e. The molecule has 0 aromatic rings. The van der Waals surface area contributed by atoms with Gasteiger partial charge < -0.3 is 5.32 Å². The van der Waals surface area contributed by atoms with E-state index in [0.717, 1.165) is 23.8 Å². The molecule has 3 unspecified atom stereocenters. The molecule has 0 aromatic heterocycles. The Morgan fingerprint density at radius 1 is 1.20 bits per heavy atom. The number of fused-ring (bicyclic) bond motifs is 1. The molecule has 2 rings (SSSR count). The molecule has 1 saturated heterocycles. The molecule has 2 fully saturated rings. The highest BCUT2D eigenvalue weighted by atomic mass is 15.0. The van der Waals surface area contributed by atoms with Gasteiger partial charge in [0.05, 0.1) is 0 Å². The average Bonchev–Trinajstić information content (AvgIpc) is 2.03. The van der Waals surface area contributed by atoms with Gasteiger partial charge in [-0.25, -0.2) is 0 Å². The Bertz CT molecular complexity index is 117. The van der Waals surface area contributed by atoms with Crippen LogP contribution < -0.4 is 5.32 Å². The van der Waals surface area contributed by atoms with Crippen LogP contribution >= 0.6 is 0 Å². The largest absolute Gasteiger partial charge is 0.313 e. The summed E-state index contributed by atoms with van der Waals surface area (Å²) in [6.07, 6.45) is 2.88. The summed E-state index contributed by atoms with van der Waals surface area (Å²) in [6.45, 7) is 6.04. The van der Waals surface area contributed by atoms with Crippen molar-refractivity contribution in [3.05, 3.63) is 0 Å². The Hall–Kier alpha value is -0.0400. The molecule has 0 spiro atoms. The minimum atomic E-state index is 0.878. The Labute approximate surface area is 63.2 Å². The molecule has 0 radical (unpaired) electrons. The fourth-order valence-electron chi connectivity index (χ4n) is 2.67. The molecule has 4 atom stereocenters. The minimum Gasteiger partial charge on any atom is -0.313 e. The minimum absolute atomic E-state index is 0.878. The Balaban J connectivity index is 2.00. The summed E-state index contributed by atoms with van der Waals surface area (Å²) in [5.41, 5.74) is 0. The van der Waals surface area contributed by atoms with Crippen molar-refractivity contribution in [3.8, 4) is 0 Å². The van der Waals surface area contributed by atoms with Crippen LogP contribution in [0.2, 0.25) is 0 Å². The summed E-state index contributed by atoms with van der Waals surface area (Å²) < 4.78 is 0. The topological polar surface area (TPSA) is 12.0 Å². The van der Waals surface area contributed by atoms with Gasteiger partial charge in [-0.1, -0.05) is 13.8 Å². The van der Waals surface area contributed by atoms with Gasteiger partial charge >= 0.3 is 0 Å². The van der Waals surface area contributed by atoms with Crippen LogP contribution in [0.3, 0.4) is 0 Å². The van der Waals surface area contributed by atoms with Crippen LogP contribution in [0.4, 0.5) is 0 Å². The summed E-state index contributed by atoms with van der Waals surface area (Å²) in [6, 6.07) is 0.878. The molecule has 1 nitrogen and oxygen atoms in total. The second-order valence-electron chi connectivity index (χ2n) is 4.00. The predicted molar refractivity (Wildman–Crippen MR) is 42.8 cm³/mol. The molecule has 0 bridgehead atoms. The summed E-state index contributed by atoms with van der Waals surface area (Å²) in [5, 5.41) is 3.60. The van der Waals surface area contributed by atoms with E-state index in [1.165, 1.54) is 19.4 Å². The maximum Gasteiger partial charge on any atom is 0.0126 e. The van der Waals surface area contributed by atoms with Crippen LogP contribution in [0.25, 0.3) is 0 Å². The van der Waals surface area contributed by atoms with Crippen LogP contribution in [-0.2, 0) is 0 Å². The van der Waals surface area contributed by atoms with Crippen LogP contribution in [0.15, 0.2) is 0 Å². The molecule has 0 amide bonds. The monoisotopic (exact) mass is 139 g/mol. The van der Waals surface area contributed by atoms with Crippen LogP contribution in [0.5, 0.6) is 0 Å². The van der Waals surface area contributed by atoms with Gasteiger partial charge in [-0.3, -0.25) is 0 Å². The number of hydrogen-bond donors (Lipinski definition) is 1. The SMILES string of the molecule is CC1C(C)[C@@H]2CCCNC12. The second kappa shape index (κ2) is 2.23. The third-order valence-electron chi connectivity index (χ3n) is 3.63. The highest BCUT2D eigenvalue weighted by Crippen LogP contribution is 2.44. The first-order valence-corrected chi connectivity index (χ1v) is 4.54. The summed E-state index contributed by atoms with van der Waals surface area (Å²) in [7, 11) is 0. The third-order valence-corrected chi connectivity index (χ3v) is 3.63. The number of hydrogen-bond acceptors (Lipinski definition) is 1. The zero-order chi connectivity index (χ0) is 7.14. The fraction of sp³-hybridized carbons (Fsp3) is 1.00. The lowest BCUT2D eigenvalue weighted by molar-refractivity contribution is 0.0116. The first kappa shape index (κ1) is 6.66. The quantitative estimate of drug-likeness (QED) is 0.538. The molecule has 1 aliphatic heterocycles. The summed E-state index contributed by atoms with van der Waals surface area (Å²) >= 11 is 0. The maximum atomic E-state index is 3.60. The lowest BCUT2D eigenvalue weighted by Crippen LogP contribution is -2.59. The van der Waals surface area contributed by atoms with E-state index in [4.69, 9.17) is 0 Å². The summed E-state index contributed by atoms with van der Waals surface area (Å²) in [5.74, 6) is 2.94. The van der Waals surface area contributed by atoms with E-state index in [9.17, 15) is 0 Å². The van der Waals surface area contributed by atoms with Crippen LogP contribution in [0, 0.1) is 17.8 Å². The van der Waals surface area contributed by atoms with Gasteiger partial charge in [0.25, 0.3) is 0 Å². The first-order valence-electron chi connectivity index (χ1n) is 4.54. The van der Waals surface area contributed by atoms with E-state index in [1.807, 2.05) is 0 Å². The normalized spacial score (nSPS) is 53.4. The van der Waals surface area contributed by atoms with Crippen molar-refractivity contribution in [2.45, 2.75) is 32.7 Å². The Morgan fingerprint density at radius 2 is 2.00 bits per heavy atom. The molecule has 10 heavy (non-hydrogen) atoms. The molecule has 2 aliphatic rings. The molecule has 1 N–H and O–H groups in total. The molecule has 1 aliphatic carbocycles. The van der Waals surface area contributed by atoms with E-state index >= 15 is 0 Å².